The van der Waals surface area contributed by atoms with E-state index in [0.717, 1.165) is 6.54 Å². The molecule has 21 heavy (non-hydrogen) atoms. The highest BCUT2D eigenvalue weighted by Crippen LogP contribution is 2.35. The van der Waals surface area contributed by atoms with Gasteiger partial charge in [-0.15, -0.1) is 0 Å². The fourth-order valence-electron chi connectivity index (χ4n) is 1.87. The van der Waals surface area contributed by atoms with E-state index in [1.165, 1.54) is 6.92 Å². The molecule has 8 nitrogen and oxygen atoms in total. The normalized spacial score (nSPS) is 10.7. The second kappa shape index (κ2) is 7.19. The third-order valence-corrected chi connectivity index (χ3v) is 3.05. The highest BCUT2D eigenvalue weighted by atomic mass is 35.5. The molecule has 0 fully saturated rings. The monoisotopic (exact) mass is 316 g/mol. The molecule has 116 valence electrons. The van der Waals surface area contributed by atoms with Crippen molar-refractivity contribution < 1.29 is 14.8 Å². The quantitative estimate of drug-likeness (QED) is 0.343. The van der Waals surface area contributed by atoms with Gasteiger partial charge in [0.1, 0.15) is 11.3 Å². The first kappa shape index (κ1) is 17.1. The van der Waals surface area contributed by atoms with Crippen LogP contribution >= 0.6 is 11.6 Å². The first-order chi connectivity index (χ1) is 9.75. The van der Waals surface area contributed by atoms with Crippen LogP contribution in [0.2, 0.25) is 5.15 Å². The smallest absolute Gasteiger partial charge is 0.339 e. The molecule has 0 bridgehead atoms. The molecule has 0 saturated heterocycles. The molecule has 0 aliphatic rings. The molecule has 0 radical (unpaired) electrons. The number of nitro groups is 1. The summed E-state index contributed by atoms with van der Waals surface area (Å²) >= 11 is 5.78. The zero-order valence-electron chi connectivity index (χ0n) is 12.0. The van der Waals surface area contributed by atoms with E-state index in [2.05, 4.69) is 10.3 Å². The van der Waals surface area contributed by atoms with Crippen LogP contribution < -0.4 is 5.32 Å². The van der Waals surface area contributed by atoms with Gasteiger partial charge in [-0.25, -0.2) is 9.78 Å². The van der Waals surface area contributed by atoms with Crippen molar-refractivity contribution in [2.24, 2.45) is 0 Å². The van der Waals surface area contributed by atoms with Crippen molar-refractivity contribution in [1.82, 2.24) is 9.88 Å². The fraction of sp³-hybridized carbons (Fsp3) is 0.500. The van der Waals surface area contributed by atoms with Crippen molar-refractivity contribution in [2.75, 3.05) is 32.5 Å². The van der Waals surface area contributed by atoms with Crippen molar-refractivity contribution in [3.8, 4) is 0 Å². The number of aryl methyl sites for hydroxylation is 1. The Morgan fingerprint density at radius 2 is 2.14 bits per heavy atom. The van der Waals surface area contributed by atoms with E-state index in [-0.39, 0.29) is 22.1 Å². The summed E-state index contributed by atoms with van der Waals surface area (Å²) in [6, 6.07) is 0. The lowest BCUT2D eigenvalue weighted by atomic mass is 10.1. The molecule has 0 saturated carbocycles. The fourth-order valence-corrected chi connectivity index (χ4v) is 2.16. The average Bonchev–Trinajstić information content (AvgIpc) is 2.32. The molecule has 0 atom stereocenters. The minimum Gasteiger partial charge on any atom is -0.478 e. The maximum Gasteiger partial charge on any atom is 0.339 e. The van der Waals surface area contributed by atoms with E-state index in [9.17, 15) is 20.0 Å². The van der Waals surface area contributed by atoms with Gasteiger partial charge < -0.3 is 15.3 Å². The van der Waals surface area contributed by atoms with Crippen molar-refractivity contribution in [3.05, 3.63) is 26.5 Å². The number of carboxylic acid groups (broad SMARTS) is 1. The van der Waals surface area contributed by atoms with Crippen LogP contribution in [-0.2, 0) is 0 Å². The topological polar surface area (TPSA) is 109 Å². The molecule has 0 unspecified atom stereocenters. The molecule has 1 aromatic heterocycles. The van der Waals surface area contributed by atoms with E-state index < -0.39 is 16.6 Å². The number of aromatic nitrogens is 1. The Hall–Kier alpha value is -1.93. The lowest BCUT2D eigenvalue weighted by Crippen LogP contribution is -2.18. The van der Waals surface area contributed by atoms with Gasteiger partial charge in [0.05, 0.1) is 10.6 Å². The standard InChI is InChI=1S/C12H17ClN4O4/c1-7-8(12(18)19)9(14-5-4-6-16(2)3)10(17(20)21)11(13)15-7/h4-6H2,1-3H3,(H,14,15)(H,18,19). The molecule has 1 rings (SSSR count). The van der Waals surface area contributed by atoms with E-state index in [1.54, 1.807) is 0 Å². The SMILES string of the molecule is Cc1nc(Cl)c([N+](=O)[O-])c(NCCCN(C)C)c1C(=O)O. The minimum absolute atomic E-state index is 0.0937. The van der Waals surface area contributed by atoms with Crippen LogP contribution in [0.15, 0.2) is 0 Å². The van der Waals surface area contributed by atoms with Gasteiger partial charge in [-0.3, -0.25) is 10.1 Å². The Balaban J connectivity index is 3.18. The van der Waals surface area contributed by atoms with Crippen molar-refractivity contribution >= 4 is 28.9 Å². The van der Waals surface area contributed by atoms with E-state index in [4.69, 9.17) is 11.6 Å². The Labute approximate surface area is 126 Å². The molecule has 0 aromatic carbocycles. The Morgan fingerprint density at radius 3 is 2.62 bits per heavy atom. The number of pyridine rings is 1. The summed E-state index contributed by atoms with van der Waals surface area (Å²) in [5.74, 6) is -1.28. The Morgan fingerprint density at radius 1 is 1.52 bits per heavy atom. The maximum atomic E-state index is 11.3. The average molecular weight is 317 g/mol. The number of anilines is 1. The third-order valence-electron chi connectivity index (χ3n) is 2.79. The second-order valence-electron chi connectivity index (χ2n) is 4.73. The van der Waals surface area contributed by atoms with Crippen LogP contribution in [-0.4, -0.2) is 53.1 Å². The minimum atomic E-state index is -1.28. The Bertz CT molecular complexity index is 524. The third kappa shape index (κ3) is 4.27. The number of rotatable bonds is 7. The highest BCUT2D eigenvalue weighted by molar-refractivity contribution is 6.32. The molecule has 0 spiro atoms. The number of hydrogen-bond donors (Lipinski definition) is 2. The summed E-state index contributed by atoms with van der Waals surface area (Å²) in [5, 5.41) is 22.8. The number of nitrogens with one attached hydrogen (secondary N) is 1. The first-order valence-electron chi connectivity index (χ1n) is 6.22. The van der Waals surface area contributed by atoms with Gasteiger partial charge in [-0.05, 0) is 34.0 Å². The van der Waals surface area contributed by atoms with E-state index >= 15 is 0 Å². The van der Waals surface area contributed by atoms with Gasteiger partial charge >= 0.3 is 11.7 Å². The van der Waals surface area contributed by atoms with Crippen molar-refractivity contribution in [2.45, 2.75) is 13.3 Å². The summed E-state index contributed by atoms with van der Waals surface area (Å²) in [4.78, 5) is 27.4. The van der Waals surface area contributed by atoms with Crippen molar-refractivity contribution in [1.29, 1.82) is 0 Å². The number of nitrogens with zero attached hydrogens (tertiary/aromatic N) is 3. The lowest BCUT2D eigenvalue weighted by Gasteiger charge is -2.14. The zero-order valence-corrected chi connectivity index (χ0v) is 12.8. The molecule has 0 amide bonds. The van der Waals surface area contributed by atoms with Gasteiger partial charge in [0.25, 0.3) is 0 Å². The Kier molecular flexibility index (Phi) is 5.86. The van der Waals surface area contributed by atoms with E-state index in [1.807, 2.05) is 19.0 Å². The van der Waals surface area contributed by atoms with Gasteiger partial charge in [0.15, 0.2) is 0 Å². The summed E-state index contributed by atoms with van der Waals surface area (Å²) < 4.78 is 0. The van der Waals surface area contributed by atoms with Crippen molar-refractivity contribution in [3.63, 3.8) is 0 Å². The molecule has 9 heteroatoms. The molecular formula is C12H17ClN4O4. The predicted molar refractivity (Wildman–Crippen MR) is 79.3 cm³/mol. The van der Waals surface area contributed by atoms with Crippen LogP contribution in [0.3, 0.4) is 0 Å². The maximum absolute atomic E-state index is 11.3. The largest absolute Gasteiger partial charge is 0.478 e. The predicted octanol–water partition coefficient (Wildman–Crippen LogP) is 2.01. The molecule has 0 aliphatic heterocycles. The number of carboxylic acids is 1. The summed E-state index contributed by atoms with van der Waals surface area (Å²) in [5.41, 5.74) is -0.697. The van der Waals surface area contributed by atoms with Crippen LogP contribution in [0.25, 0.3) is 0 Å². The van der Waals surface area contributed by atoms with Gasteiger partial charge in [0.2, 0.25) is 5.15 Å². The summed E-state index contributed by atoms with van der Waals surface area (Å²) in [6.45, 7) is 2.60. The number of aromatic carboxylic acids is 1. The number of hydrogen-bond acceptors (Lipinski definition) is 6. The van der Waals surface area contributed by atoms with Crippen LogP contribution in [0.1, 0.15) is 22.5 Å². The zero-order chi connectivity index (χ0) is 16.2. The molecule has 2 N–H and O–H groups in total. The van der Waals surface area contributed by atoms with E-state index in [0.29, 0.717) is 13.0 Å². The lowest BCUT2D eigenvalue weighted by molar-refractivity contribution is -0.384. The van der Waals surface area contributed by atoms with Gasteiger partial charge in [-0.2, -0.15) is 0 Å². The summed E-state index contributed by atoms with van der Waals surface area (Å²) in [6.07, 6.45) is 0.697. The van der Waals surface area contributed by atoms with Crippen LogP contribution in [0.5, 0.6) is 0 Å². The number of halogens is 1. The number of carbonyl (C=O) groups is 1. The highest BCUT2D eigenvalue weighted by Gasteiger charge is 2.28. The second-order valence-corrected chi connectivity index (χ2v) is 5.09. The first-order valence-corrected chi connectivity index (χ1v) is 6.59. The van der Waals surface area contributed by atoms with Crippen LogP contribution in [0.4, 0.5) is 11.4 Å². The molecule has 1 aromatic rings. The summed E-state index contributed by atoms with van der Waals surface area (Å²) in [7, 11) is 3.80. The van der Waals surface area contributed by atoms with Gasteiger partial charge in [0, 0.05) is 6.54 Å². The molecule has 0 aliphatic carbocycles. The molecule has 1 heterocycles. The molecular weight excluding hydrogens is 300 g/mol. The van der Waals surface area contributed by atoms with Gasteiger partial charge in [-0.1, -0.05) is 11.6 Å². The van der Waals surface area contributed by atoms with Crippen LogP contribution in [0, 0.1) is 17.0 Å².